The first-order valence-electron chi connectivity index (χ1n) is 6.10. The van der Waals surface area contributed by atoms with Crippen molar-refractivity contribution in [3.05, 3.63) is 23.3 Å². The van der Waals surface area contributed by atoms with Crippen molar-refractivity contribution in [2.45, 2.75) is 43.8 Å². The molecule has 0 aromatic carbocycles. The van der Waals surface area contributed by atoms with Crippen LogP contribution in [0.25, 0.3) is 0 Å². The van der Waals surface area contributed by atoms with Crippen LogP contribution in [0.4, 0.5) is 8.78 Å². The van der Waals surface area contributed by atoms with Crippen LogP contribution in [0.2, 0.25) is 0 Å². The molecule has 2 fully saturated rings. The van der Waals surface area contributed by atoms with Gasteiger partial charge in [0.2, 0.25) is 0 Å². The van der Waals surface area contributed by atoms with Crippen LogP contribution >= 0.6 is 0 Å². The van der Waals surface area contributed by atoms with Crippen molar-refractivity contribution in [2.75, 3.05) is 0 Å². The number of fused-ring (bicyclic) bond motifs is 2. The number of ether oxygens (including phenoxy) is 1. The molecular formula is C12H12F2N2O3. The molecule has 5 nitrogen and oxygen atoms in total. The van der Waals surface area contributed by atoms with Gasteiger partial charge in [-0.1, -0.05) is 0 Å². The lowest BCUT2D eigenvalue weighted by molar-refractivity contribution is 0.0681. The zero-order valence-electron chi connectivity index (χ0n) is 9.92. The van der Waals surface area contributed by atoms with E-state index < -0.39 is 23.7 Å². The van der Waals surface area contributed by atoms with E-state index in [1.165, 1.54) is 0 Å². The molecule has 0 saturated carbocycles. The van der Waals surface area contributed by atoms with E-state index in [0.29, 0.717) is 0 Å². The van der Waals surface area contributed by atoms with Crippen LogP contribution in [-0.4, -0.2) is 33.3 Å². The molecule has 3 rings (SSSR count). The van der Waals surface area contributed by atoms with Gasteiger partial charge >= 0.3 is 5.97 Å². The highest BCUT2D eigenvalue weighted by atomic mass is 19.3. The van der Waals surface area contributed by atoms with Gasteiger partial charge in [0.25, 0.3) is 6.43 Å². The largest absolute Gasteiger partial charge is 0.478 e. The lowest BCUT2D eigenvalue weighted by Gasteiger charge is -2.17. The minimum absolute atomic E-state index is 0.0220. The highest BCUT2D eigenvalue weighted by molar-refractivity contribution is 5.88. The van der Waals surface area contributed by atoms with Gasteiger partial charge in [-0.2, -0.15) is 0 Å². The molecule has 2 aliphatic rings. The van der Waals surface area contributed by atoms with Crippen LogP contribution in [-0.2, 0) is 4.74 Å². The average molecular weight is 270 g/mol. The number of carboxylic acid groups (broad SMARTS) is 1. The Balaban J connectivity index is 1.95. The van der Waals surface area contributed by atoms with Crippen LogP contribution in [0.15, 0.2) is 6.20 Å². The van der Waals surface area contributed by atoms with Crippen molar-refractivity contribution in [3.8, 4) is 0 Å². The van der Waals surface area contributed by atoms with Crippen LogP contribution in [0.3, 0.4) is 0 Å². The zero-order chi connectivity index (χ0) is 13.6. The Hall–Kier alpha value is -1.63. The smallest absolute Gasteiger partial charge is 0.339 e. The first-order valence-corrected chi connectivity index (χ1v) is 6.10. The van der Waals surface area contributed by atoms with Crippen molar-refractivity contribution in [1.29, 1.82) is 0 Å². The van der Waals surface area contributed by atoms with E-state index in [2.05, 4.69) is 9.97 Å². The number of hydrogen-bond acceptors (Lipinski definition) is 4. The Bertz CT molecular complexity index is 524. The Morgan fingerprint density at radius 3 is 2.79 bits per heavy atom. The summed E-state index contributed by atoms with van der Waals surface area (Å²) in [5, 5.41) is 8.84. The highest BCUT2D eigenvalue weighted by Crippen LogP contribution is 2.43. The van der Waals surface area contributed by atoms with Gasteiger partial charge in [-0.3, -0.25) is 0 Å². The number of rotatable bonds is 3. The molecule has 1 aromatic heterocycles. The van der Waals surface area contributed by atoms with E-state index in [-0.39, 0.29) is 24.0 Å². The van der Waals surface area contributed by atoms with E-state index in [1.54, 1.807) is 0 Å². The van der Waals surface area contributed by atoms with Crippen LogP contribution in [0, 0.1) is 0 Å². The van der Waals surface area contributed by atoms with Crippen molar-refractivity contribution in [2.24, 2.45) is 0 Å². The van der Waals surface area contributed by atoms with Gasteiger partial charge in [0.15, 0.2) is 0 Å². The molecule has 0 aliphatic carbocycles. The van der Waals surface area contributed by atoms with E-state index in [9.17, 15) is 13.6 Å². The zero-order valence-corrected chi connectivity index (χ0v) is 9.92. The minimum Gasteiger partial charge on any atom is -0.478 e. The molecule has 2 aliphatic heterocycles. The molecule has 2 saturated heterocycles. The number of nitrogens with zero attached hydrogens (tertiary/aromatic N) is 2. The molecule has 19 heavy (non-hydrogen) atoms. The fourth-order valence-electron chi connectivity index (χ4n) is 2.83. The maximum atomic E-state index is 12.9. The summed E-state index contributed by atoms with van der Waals surface area (Å²) in [6.07, 6.45) is 0.767. The summed E-state index contributed by atoms with van der Waals surface area (Å²) in [5.74, 6) is -1.27. The molecule has 3 heterocycles. The Morgan fingerprint density at radius 2 is 2.26 bits per heavy atom. The summed E-state index contributed by atoms with van der Waals surface area (Å²) in [7, 11) is 0. The summed E-state index contributed by atoms with van der Waals surface area (Å²) in [6.45, 7) is 0. The predicted molar refractivity (Wildman–Crippen MR) is 59.2 cm³/mol. The third-order valence-electron chi connectivity index (χ3n) is 3.71. The van der Waals surface area contributed by atoms with Gasteiger partial charge < -0.3 is 9.84 Å². The summed E-state index contributed by atoms with van der Waals surface area (Å²) in [6, 6.07) is 0. The van der Waals surface area contributed by atoms with Crippen LogP contribution in [0.5, 0.6) is 0 Å². The van der Waals surface area contributed by atoms with Crippen molar-refractivity contribution >= 4 is 5.97 Å². The summed E-state index contributed by atoms with van der Waals surface area (Å²) < 4.78 is 31.3. The van der Waals surface area contributed by atoms with Crippen LogP contribution in [0.1, 0.15) is 53.5 Å². The summed E-state index contributed by atoms with van der Waals surface area (Å²) in [5.41, 5.74) is -1.25. The normalized spacial score (nSPS) is 29.1. The maximum Gasteiger partial charge on any atom is 0.339 e. The maximum absolute atomic E-state index is 12.9. The molecular weight excluding hydrogens is 258 g/mol. The fraction of sp³-hybridized carbons (Fsp3) is 0.583. The Morgan fingerprint density at radius 1 is 1.47 bits per heavy atom. The Labute approximate surface area is 107 Å². The highest BCUT2D eigenvalue weighted by Gasteiger charge is 2.43. The van der Waals surface area contributed by atoms with Gasteiger partial charge in [-0.15, -0.1) is 0 Å². The van der Waals surface area contributed by atoms with Gasteiger partial charge in [0, 0.05) is 12.1 Å². The third kappa shape index (κ3) is 2.07. The van der Waals surface area contributed by atoms with E-state index >= 15 is 0 Å². The molecule has 1 aromatic rings. The molecule has 102 valence electrons. The number of hydrogen-bond donors (Lipinski definition) is 1. The average Bonchev–Trinajstić information content (AvgIpc) is 3.00. The number of aromatic nitrogens is 2. The SMILES string of the molecule is O=C(O)c1cnc(C2CC3CCC2O3)nc1C(F)F. The second-order valence-electron chi connectivity index (χ2n) is 4.85. The van der Waals surface area contributed by atoms with Gasteiger partial charge in [0.05, 0.1) is 12.2 Å². The monoisotopic (exact) mass is 270 g/mol. The van der Waals surface area contributed by atoms with Gasteiger partial charge in [-0.05, 0) is 19.3 Å². The number of carboxylic acids is 1. The van der Waals surface area contributed by atoms with Crippen molar-refractivity contribution in [1.82, 2.24) is 9.97 Å². The summed E-state index contributed by atoms with van der Waals surface area (Å²) >= 11 is 0. The van der Waals surface area contributed by atoms with Crippen molar-refractivity contribution in [3.63, 3.8) is 0 Å². The first-order chi connectivity index (χ1) is 9.06. The number of alkyl halides is 2. The second-order valence-corrected chi connectivity index (χ2v) is 4.85. The fourth-order valence-corrected chi connectivity index (χ4v) is 2.83. The van der Waals surface area contributed by atoms with Gasteiger partial charge in [0.1, 0.15) is 17.1 Å². The Kier molecular flexibility index (Phi) is 2.93. The topological polar surface area (TPSA) is 72.3 Å². The molecule has 1 N–H and O–H groups in total. The number of aromatic carboxylic acids is 1. The third-order valence-corrected chi connectivity index (χ3v) is 3.71. The molecule has 0 radical (unpaired) electrons. The molecule has 3 unspecified atom stereocenters. The number of carbonyl (C=O) groups is 1. The molecule has 0 amide bonds. The quantitative estimate of drug-likeness (QED) is 0.911. The van der Waals surface area contributed by atoms with Crippen LogP contribution < -0.4 is 0 Å². The lowest BCUT2D eigenvalue weighted by atomic mass is 9.88. The van der Waals surface area contributed by atoms with Gasteiger partial charge in [-0.25, -0.2) is 23.5 Å². The molecule has 7 heteroatoms. The van der Waals surface area contributed by atoms with E-state index in [4.69, 9.17) is 9.84 Å². The number of halogens is 2. The molecule has 2 bridgehead atoms. The minimum atomic E-state index is -2.92. The summed E-state index contributed by atoms with van der Waals surface area (Å²) in [4.78, 5) is 18.6. The second kappa shape index (κ2) is 4.48. The first kappa shape index (κ1) is 12.4. The molecule has 3 atom stereocenters. The van der Waals surface area contributed by atoms with Crippen molar-refractivity contribution < 1.29 is 23.4 Å². The predicted octanol–water partition coefficient (Wildman–Crippen LogP) is 2.15. The lowest BCUT2D eigenvalue weighted by Crippen LogP contribution is -2.19. The standard InChI is InChI=1S/C12H12F2N2O3/c13-10(14)9-7(12(17)18)4-15-11(16-9)6-3-5-1-2-8(6)19-5/h4-6,8,10H,1-3H2,(H,17,18). The van der Waals surface area contributed by atoms with E-state index in [0.717, 1.165) is 25.5 Å². The van der Waals surface area contributed by atoms with E-state index in [1.807, 2.05) is 0 Å². The molecule has 0 spiro atoms.